The first-order valence-electron chi connectivity index (χ1n) is 5.57. The molecule has 2 N–H and O–H groups in total. The Morgan fingerprint density at radius 1 is 1.50 bits per heavy atom. The van der Waals surface area contributed by atoms with Crippen LogP contribution in [0.4, 0.5) is 5.69 Å². The van der Waals surface area contributed by atoms with Gasteiger partial charge >= 0.3 is 0 Å². The van der Waals surface area contributed by atoms with E-state index in [0.29, 0.717) is 12.3 Å². The van der Waals surface area contributed by atoms with Gasteiger partial charge in [0, 0.05) is 17.3 Å². The number of benzene rings is 1. The molecule has 2 rings (SSSR count). The second kappa shape index (κ2) is 4.88. The average Bonchev–Trinajstić information content (AvgIpc) is 2.71. The summed E-state index contributed by atoms with van der Waals surface area (Å²) >= 11 is 0. The average molecular weight is 220 g/mol. The van der Waals surface area contributed by atoms with Gasteiger partial charge in [0.25, 0.3) is 0 Å². The number of hydrogen-bond acceptors (Lipinski definition) is 4. The summed E-state index contributed by atoms with van der Waals surface area (Å²) in [4.78, 5) is 0. The first-order valence-corrected chi connectivity index (χ1v) is 5.57. The normalized spacial score (nSPS) is 15.9. The molecular weight excluding hydrogens is 204 g/mol. The van der Waals surface area contributed by atoms with Crippen molar-refractivity contribution in [3.05, 3.63) is 23.8 Å². The Balaban J connectivity index is 2.09. The fourth-order valence-electron chi connectivity index (χ4n) is 1.71. The molecule has 4 heteroatoms. The monoisotopic (exact) mass is 220 g/mol. The highest BCUT2D eigenvalue weighted by Crippen LogP contribution is 2.27. The van der Waals surface area contributed by atoms with Gasteiger partial charge in [0.15, 0.2) is 0 Å². The Morgan fingerprint density at radius 3 is 3.12 bits per heavy atom. The molecule has 0 fully saturated rings. The molecule has 86 valence electrons. The predicted molar refractivity (Wildman–Crippen MR) is 63.7 cm³/mol. The highest BCUT2D eigenvalue weighted by atomic mass is 16.5. The lowest BCUT2D eigenvalue weighted by atomic mass is 10.1. The number of fused-ring (bicyclic) bond motifs is 1. The summed E-state index contributed by atoms with van der Waals surface area (Å²) in [5.41, 5.74) is 2.60. The molecule has 0 aromatic heterocycles. The molecule has 0 spiro atoms. The van der Waals surface area contributed by atoms with E-state index in [0.717, 1.165) is 36.4 Å². The highest BCUT2D eigenvalue weighted by molar-refractivity contribution is 6.11. The van der Waals surface area contributed by atoms with Crippen LogP contribution in [0.3, 0.4) is 0 Å². The van der Waals surface area contributed by atoms with E-state index in [2.05, 4.69) is 17.4 Å². The second-order valence-corrected chi connectivity index (χ2v) is 3.81. The van der Waals surface area contributed by atoms with Gasteiger partial charge in [-0.05, 0) is 18.6 Å². The molecule has 0 saturated carbocycles. The fourth-order valence-corrected chi connectivity index (χ4v) is 1.71. The molecule has 1 aliphatic heterocycles. The number of oxime groups is 1. The van der Waals surface area contributed by atoms with Crippen LogP contribution in [0.1, 0.15) is 25.3 Å². The van der Waals surface area contributed by atoms with Gasteiger partial charge in [0.05, 0.1) is 13.2 Å². The van der Waals surface area contributed by atoms with Crippen LogP contribution in [-0.2, 0) is 0 Å². The summed E-state index contributed by atoms with van der Waals surface area (Å²) in [6, 6.07) is 5.78. The van der Waals surface area contributed by atoms with E-state index in [1.54, 1.807) is 0 Å². The van der Waals surface area contributed by atoms with Crippen molar-refractivity contribution in [2.45, 2.75) is 19.8 Å². The number of ether oxygens (including phenoxy) is 1. The minimum atomic E-state index is 0.574. The van der Waals surface area contributed by atoms with Crippen molar-refractivity contribution in [1.29, 1.82) is 0 Å². The van der Waals surface area contributed by atoms with Gasteiger partial charge < -0.3 is 15.3 Å². The topological polar surface area (TPSA) is 53.8 Å². The molecule has 4 nitrogen and oxygen atoms in total. The Morgan fingerprint density at radius 2 is 2.38 bits per heavy atom. The molecule has 0 unspecified atom stereocenters. The van der Waals surface area contributed by atoms with E-state index >= 15 is 0 Å². The van der Waals surface area contributed by atoms with E-state index in [1.165, 1.54) is 0 Å². The summed E-state index contributed by atoms with van der Waals surface area (Å²) in [5, 5.41) is 15.2. The van der Waals surface area contributed by atoms with Crippen molar-refractivity contribution in [3.63, 3.8) is 0 Å². The van der Waals surface area contributed by atoms with Gasteiger partial charge in [-0.3, -0.25) is 0 Å². The Kier molecular flexibility index (Phi) is 3.29. The largest absolute Gasteiger partial charge is 0.494 e. The summed E-state index contributed by atoms with van der Waals surface area (Å²) in [5.74, 6) is 0.860. The maximum atomic E-state index is 8.77. The van der Waals surface area contributed by atoms with Crippen LogP contribution in [0, 0.1) is 0 Å². The molecule has 0 aliphatic carbocycles. The number of anilines is 1. The van der Waals surface area contributed by atoms with Gasteiger partial charge in [0.2, 0.25) is 0 Å². The Bertz CT molecular complexity index is 402. The summed E-state index contributed by atoms with van der Waals surface area (Å²) < 4.78 is 5.60. The zero-order valence-electron chi connectivity index (χ0n) is 9.36. The van der Waals surface area contributed by atoms with Gasteiger partial charge in [-0.25, -0.2) is 0 Å². The van der Waals surface area contributed by atoms with E-state index in [-0.39, 0.29) is 0 Å². The van der Waals surface area contributed by atoms with Crippen LogP contribution in [0.5, 0.6) is 5.75 Å². The third kappa shape index (κ3) is 2.10. The zero-order valence-corrected chi connectivity index (χ0v) is 9.36. The van der Waals surface area contributed by atoms with Crippen molar-refractivity contribution in [3.8, 4) is 5.75 Å². The zero-order chi connectivity index (χ0) is 11.4. The lowest BCUT2D eigenvalue weighted by Gasteiger charge is -2.06. The van der Waals surface area contributed by atoms with Crippen LogP contribution >= 0.6 is 0 Å². The number of rotatable bonds is 4. The SMILES string of the molecule is CCCCOc1ccc2c(c1)NC/C2=N\O. The maximum absolute atomic E-state index is 8.77. The number of unbranched alkanes of at least 4 members (excludes halogenated alkanes) is 1. The van der Waals surface area contributed by atoms with E-state index in [9.17, 15) is 0 Å². The third-order valence-corrected chi connectivity index (χ3v) is 2.64. The third-order valence-electron chi connectivity index (χ3n) is 2.64. The lowest BCUT2D eigenvalue weighted by Crippen LogP contribution is -2.02. The first kappa shape index (κ1) is 10.8. The molecule has 0 saturated heterocycles. The number of hydrogen-bond donors (Lipinski definition) is 2. The van der Waals surface area contributed by atoms with Crippen LogP contribution in [-0.4, -0.2) is 24.1 Å². The van der Waals surface area contributed by atoms with Crippen LogP contribution in [0.15, 0.2) is 23.4 Å². The van der Waals surface area contributed by atoms with Crippen LogP contribution in [0.25, 0.3) is 0 Å². The molecule has 16 heavy (non-hydrogen) atoms. The Labute approximate surface area is 94.9 Å². The number of nitrogens with one attached hydrogen (secondary N) is 1. The standard InChI is InChI=1S/C12H16N2O2/c1-2-3-6-16-9-4-5-10-11(7-9)13-8-12(10)14-15/h4-5,7,13,15H,2-3,6,8H2,1H3/b14-12+. The molecule has 0 amide bonds. The molecule has 1 aromatic rings. The summed E-state index contributed by atoms with van der Waals surface area (Å²) in [7, 11) is 0. The smallest absolute Gasteiger partial charge is 0.121 e. The Hall–Kier alpha value is -1.71. The minimum absolute atomic E-state index is 0.574. The van der Waals surface area contributed by atoms with Crippen LogP contribution in [0.2, 0.25) is 0 Å². The second-order valence-electron chi connectivity index (χ2n) is 3.81. The molecule has 0 radical (unpaired) electrons. The molecule has 0 atom stereocenters. The van der Waals surface area contributed by atoms with Crippen molar-refractivity contribution in [1.82, 2.24) is 0 Å². The van der Waals surface area contributed by atoms with Gasteiger partial charge in [0.1, 0.15) is 11.5 Å². The molecule has 1 aromatic carbocycles. The molecular formula is C12H16N2O2. The lowest BCUT2D eigenvalue weighted by molar-refractivity contribution is 0.309. The number of nitrogens with zero attached hydrogens (tertiary/aromatic N) is 1. The summed E-state index contributed by atoms with van der Waals surface area (Å²) in [6.07, 6.45) is 2.19. The van der Waals surface area contributed by atoms with Crippen LogP contribution < -0.4 is 10.1 Å². The molecule has 0 bridgehead atoms. The maximum Gasteiger partial charge on any atom is 0.121 e. The van der Waals surface area contributed by atoms with Crippen molar-refractivity contribution in [2.24, 2.45) is 5.16 Å². The highest BCUT2D eigenvalue weighted by Gasteiger charge is 2.17. The van der Waals surface area contributed by atoms with Crippen molar-refractivity contribution in [2.75, 3.05) is 18.5 Å². The van der Waals surface area contributed by atoms with Gasteiger partial charge in [-0.2, -0.15) is 0 Å². The predicted octanol–water partition coefficient (Wildman–Crippen LogP) is 2.47. The minimum Gasteiger partial charge on any atom is -0.494 e. The van der Waals surface area contributed by atoms with Crippen molar-refractivity contribution < 1.29 is 9.94 Å². The molecule has 1 aliphatic rings. The van der Waals surface area contributed by atoms with Crippen molar-refractivity contribution >= 4 is 11.4 Å². The van der Waals surface area contributed by atoms with Gasteiger partial charge in [-0.1, -0.05) is 18.5 Å². The van der Waals surface area contributed by atoms with E-state index in [4.69, 9.17) is 9.94 Å². The first-order chi connectivity index (χ1) is 7.85. The molecule has 1 heterocycles. The summed E-state index contributed by atoms with van der Waals surface area (Å²) in [6.45, 7) is 3.46. The van der Waals surface area contributed by atoms with E-state index in [1.807, 2.05) is 18.2 Å². The quantitative estimate of drug-likeness (QED) is 0.465. The van der Waals surface area contributed by atoms with E-state index < -0.39 is 0 Å². The van der Waals surface area contributed by atoms with Gasteiger partial charge in [-0.15, -0.1) is 0 Å². The fraction of sp³-hybridized carbons (Fsp3) is 0.417.